The van der Waals surface area contributed by atoms with Gasteiger partial charge in [-0.05, 0) is 31.0 Å². The summed E-state index contributed by atoms with van der Waals surface area (Å²) in [5.74, 6) is 0.315. The molecule has 1 fully saturated rings. The number of benzene rings is 1. The summed E-state index contributed by atoms with van der Waals surface area (Å²) >= 11 is 3.33. The van der Waals surface area contributed by atoms with Gasteiger partial charge in [-0.1, -0.05) is 15.9 Å². The average molecular weight is 319 g/mol. The second-order valence-corrected chi connectivity index (χ2v) is 7.56. The summed E-state index contributed by atoms with van der Waals surface area (Å²) in [6.45, 7) is 0.439. The molecule has 1 aromatic carbocycles. The lowest BCUT2D eigenvalue weighted by Gasteiger charge is -2.13. The summed E-state index contributed by atoms with van der Waals surface area (Å²) in [7, 11) is -2.89. The SMILES string of the molecule is Nc1cc(Br)ccc1NCC1CCCS1(=O)=O. The number of nitrogens with two attached hydrogens (primary N) is 1. The summed E-state index contributed by atoms with van der Waals surface area (Å²) < 4.78 is 24.2. The molecule has 1 unspecified atom stereocenters. The van der Waals surface area contributed by atoms with Crippen molar-refractivity contribution < 1.29 is 8.42 Å². The number of hydrogen-bond acceptors (Lipinski definition) is 4. The van der Waals surface area contributed by atoms with Crippen LogP contribution < -0.4 is 11.1 Å². The Morgan fingerprint density at radius 2 is 2.24 bits per heavy atom. The third-order valence-corrected chi connectivity index (χ3v) is 5.77. The van der Waals surface area contributed by atoms with E-state index in [2.05, 4.69) is 21.2 Å². The third kappa shape index (κ3) is 2.93. The normalized spacial score (nSPS) is 22.5. The summed E-state index contributed by atoms with van der Waals surface area (Å²) in [6, 6.07) is 5.52. The van der Waals surface area contributed by atoms with Gasteiger partial charge < -0.3 is 11.1 Å². The molecule has 1 aliphatic heterocycles. The van der Waals surface area contributed by atoms with Gasteiger partial charge in [-0.3, -0.25) is 0 Å². The molecule has 0 amide bonds. The van der Waals surface area contributed by atoms with Crippen LogP contribution >= 0.6 is 15.9 Å². The van der Waals surface area contributed by atoms with Gasteiger partial charge in [0.1, 0.15) is 0 Å². The Morgan fingerprint density at radius 3 is 2.82 bits per heavy atom. The molecule has 0 aliphatic carbocycles. The van der Waals surface area contributed by atoms with Gasteiger partial charge in [-0.25, -0.2) is 8.42 Å². The van der Waals surface area contributed by atoms with Crippen LogP contribution in [-0.4, -0.2) is 26.0 Å². The van der Waals surface area contributed by atoms with Gasteiger partial charge in [-0.2, -0.15) is 0 Å². The van der Waals surface area contributed by atoms with E-state index in [1.165, 1.54) is 0 Å². The predicted octanol–water partition coefficient (Wildman–Crippen LogP) is 2.02. The van der Waals surface area contributed by atoms with E-state index < -0.39 is 9.84 Å². The summed E-state index contributed by atoms with van der Waals surface area (Å²) in [6.07, 6.45) is 1.51. The fraction of sp³-hybridized carbons (Fsp3) is 0.455. The van der Waals surface area contributed by atoms with E-state index >= 15 is 0 Å². The highest BCUT2D eigenvalue weighted by Crippen LogP contribution is 2.25. The summed E-state index contributed by atoms with van der Waals surface area (Å²) in [5.41, 5.74) is 7.24. The Kier molecular flexibility index (Phi) is 3.63. The first-order valence-electron chi connectivity index (χ1n) is 5.49. The number of rotatable bonds is 3. The molecule has 3 N–H and O–H groups in total. The molecule has 0 saturated carbocycles. The Balaban J connectivity index is 2.03. The third-order valence-electron chi connectivity index (χ3n) is 3.00. The van der Waals surface area contributed by atoms with Gasteiger partial charge in [0.2, 0.25) is 0 Å². The van der Waals surface area contributed by atoms with Crippen LogP contribution in [0.1, 0.15) is 12.8 Å². The average Bonchev–Trinajstić information content (AvgIpc) is 2.57. The van der Waals surface area contributed by atoms with Crippen molar-refractivity contribution in [3.63, 3.8) is 0 Å². The highest BCUT2D eigenvalue weighted by molar-refractivity contribution is 9.10. The molecule has 94 valence electrons. The Hall–Kier alpha value is -0.750. The molecule has 0 aromatic heterocycles. The monoisotopic (exact) mass is 318 g/mol. The lowest BCUT2D eigenvalue weighted by molar-refractivity contribution is 0.591. The first-order valence-corrected chi connectivity index (χ1v) is 8.00. The van der Waals surface area contributed by atoms with Crippen LogP contribution in [0.4, 0.5) is 11.4 Å². The molecular formula is C11H15BrN2O2S. The quantitative estimate of drug-likeness (QED) is 0.836. The number of anilines is 2. The van der Waals surface area contributed by atoms with Crippen LogP contribution in [0, 0.1) is 0 Å². The van der Waals surface area contributed by atoms with Crippen LogP contribution in [0.25, 0.3) is 0 Å². The molecule has 1 heterocycles. The van der Waals surface area contributed by atoms with E-state index in [0.29, 0.717) is 18.0 Å². The Bertz CT molecular complexity index is 516. The molecule has 17 heavy (non-hydrogen) atoms. The van der Waals surface area contributed by atoms with Crippen molar-refractivity contribution in [3.8, 4) is 0 Å². The minimum Gasteiger partial charge on any atom is -0.397 e. The van der Waals surface area contributed by atoms with Gasteiger partial charge >= 0.3 is 0 Å². The molecular weight excluding hydrogens is 304 g/mol. The summed E-state index contributed by atoms with van der Waals surface area (Å²) in [4.78, 5) is 0. The number of sulfone groups is 1. The zero-order valence-corrected chi connectivity index (χ0v) is 11.7. The first-order chi connectivity index (χ1) is 7.99. The van der Waals surface area contributed by atoms with Gasteiger partial charge in [0, 0.05) is 11.0 Å². The fourth-order valence-corrected chi connectivity index (χ4v) is 4.15. The second kappa shape index (κ2) is 4.86. The lowest BCUT2D eigenvalue weighted by Crippen LogP contribution is -2.25. The van der Waals surface area contributed by atoms with Gasteiger partial charge in [0.05, 0.1) is 22.4 Å². The van der Waals surface area contributed by atoms with Crippen molar-refractivity contribution in [3.05, 3.63) is 22.7 Å². The highest BCUT2D eigenvalue weighted by atomic mass is 79.9. The van der Waals surface area contributed by atoms with Crippen LogP contribution in [0.15, 0.2) is 22.7 Å². The zero-order valence-electron chi connectivity index (χ0n) is 9.32. The minimum atomic E-state index is -2.89. The van der Waals surface area contributed by atoms with Crippen molar-refractivity contribution in [1.82, 2.24) is 0 Å². The largest absolute Gasteiger partial charge is 0.397 e. The van der Waals surface area contributed by atoms with Crippen molar-refractivity contribution in [2.24, 2.45) is 0 Å². The molecule has 2 rings (SSSR count). The molecule has 6 heteroatoms. The van der Waals surface area contributed by atoms with Crippen LogP contribution in [0.3, 0.4) is 0 Å². The zero-order chi connectivity index (χ0) is 12.5. The van der Waals surface area contributed by atoms with Crippen LogP contribution in [0.2, 0.25) is 0 Å². The molecule has 1 atom stereocenters. The summed E-state index contributed by atoms with van der Waals surface area (Å²) in [5, 5.41) is 2.84. The molecule has 1 aliphatic rings. The highest BCUT2D eigenvalue weighted by Gasteiger charge is 2.30. The molecule has 1 saturated heterocycles. The van der Waals surface area contributed by atoms with Gasteiger partial charge in [0.25, 0.3) is 0 Å². The molecule has 4 nitrogen and oxygen atoms in total. The van der Waals surface area contributed by atoms with E-state index in [9.17, 15) is 8.42 Å². The molecule has 0 spiro atoms. The van der Waals surface area contributed by atoms with Gasteiger partial charge in [-0.15, -0.1) is 0 Å². The van der Waals surface area contributed by atoms with E-state index in [1.807, 2.05) is 12.1 Å². The standard InChI is InChI=1S/C11H15BrN2O2S/c12-8-3-4-11(10(13)6-8)14-7-9-2-1-5-17(9,15)16/h3-4,6,9,14H,1-2,5,7,13H2. The van der Waals surface area contributed by atoms with Crippen molar-refractivity contribution >= 4 is 37.1 Å². The maximum absolute atomic E-state index is 11.6. The van der Waals surface area contributed by atoms with Crippen molar-refractivity contribution in [2.45, 2.75) is 18.1 Å². The maximum atomic E-state index is 11.6. The minimum absolute atomic E-state index is 0.273. The van der Waals surface area contributed by atoms with Crippen molar-refractivity contribution in [2.75, 3.05) is 23.3 Å². The number of nitrogens with one attached hydrogen (secondary N) is 1. The van der Waals surface area contributed by atoms with Gasteiger partial charge in [0.15, 0.2) is 9.84 Å². The number of halogens is 1. The molecule has 0 radical (unpaired) electrons. The van der Waals surface area contributed by atoms with E-state index in [4.69, 9.17) is 5.73 Å². The fourth-order valence-electron chi connectivity index (χ4n) is 2.01. The van der Waals surface area contributed by atoms with Crippen LogP contribution in [-0.2, 0) is 9.84 Å². The number of nitrogen functional groups attached to an aromatic ring is 1. The van der Waals surface area contributed by atoms with Crippen molar-refractivity contribution in [1.29, 1.82) is 0 Å². The lowest BCUT2D eigenvalue weighted by atomic mass is 10.2. The first kappa shape index (κ1) is 12.7. The second-order valence-electron chi connectivity index (χ2n) is 4.24. The topological polar surface area (TPSA) is 72.2 Å². The van der Waals surface area contributed by atoms with E-state index in [-0.39, 0.29) is 5.25 Å². The Labute approximate surface area is 110 Å². The molecule has 0 bridgehead atoms. The predicted molar refractivity (Wildman–Crippen MR) is 73.9 cm³/mol. The van der Waals surface area contributed by atoms with E-state index in [0.717, 1.165) is 23.0 Å². The number of hydrogen-bond donors (Lipinski definition) is 2. The molecule has 1 aromatic rings. The van der Waals surface area contributed by atoms with E-state index in [1.54, 1.807) is 6.07 Å². The Morgan fingerprint density at radius 1 is 1.47 bits per heavy atom. The van der Waals surface area contributed by atoms with Crippen LogP contribution in [0.5, 0.6) is 0 Å². The maximum Gasteiger partial charge on any atom is 0.154 e. The smallest absolute Gasteiger partial charge is 0.154 e.